The molecule has 1 atom stereocenters. The highest BCUT2D eigenvalue weighted by molar-refractivity contribution is 8.01. The lowest BCUT2D eigenvalue weighted by atomic mass is 10.0. The number of carboxylic acid groups (broad SMARTS) is 1. The molecule has 3 heteroatoms. The molecule has 1 unspecified atom stereocenters. The van der Waals surface area contributed by atoms with E-state index in [2.05, 4.69) is 13.8 Å². The molecule has 0 rings (SSSR count). The van der Waals surface area contributed by atoms with Crippen molar-refractivity contribution in [2.75, 3.05) is 5.75 Å². The summed E-state index contributed by atoms with van der Waals surface area (Å²) in [6.07, 6.45) is 13.0. The van der Waals surface area contributed by atoms with Crippen molar-refractivity contribution in [1.29, 1.82) is 0 Å². The Labute approximate surface area is 130 Å². The van der Waals surface area contributed by atoms with Crippen LogP contribution in [0.25, 0.3) is 0 Å². The normalized spacial score (nSPS) is 14.2. The Bertz CT molecular complexity index is 243. The average Bonchev–Trinajstić information content (AvgIpc) is 2.42. The molecule has 0 aliphatic heterocycles. The quantitative estimate of drug-likeness (QED) is 0.406. The van der Waals surface area contributed by atoms with E-state index in [1.807, 2.05) is 6.92 Å². The summed E-state index contributed by atoms with van der Waals surface area (Å²) in [5.41, 5.74) is 0. The van der Waals surface area contributed by atoms with Gasteiger partial charge in [0.25, 0.3) is 0 Å². The van der Waals surface area contributed by atoms with Gasteiger partial charge in [-0.25, -0.2) is 0 Å². The largest absolute Gasteiger partial charge is 0.480 e. The van der Waals surface area contributed by atoms with Crippen LogP contribution in [0.1, 0.15) is 91.4 Å². The number of thioether (sulfide) groups is 1. The molecule has 0 saturated carbocycles. The molecule has 0 radical (unpaired) electrons. The molecule has 0 saturated heterocycles. The van der Waals surface area contributed by atoms with Gasteiger partial charge in [-0.2, -0.15) is 0 Å². The van der Waals surface area contributed by atoms with Crippen LogP contribution < -0.4 is 0 Å². The topological polar surface area (TPSA) is 37.3 Å². The fraction of sp³-hybridized carbons (Fsp3) is 0.941. The van der Waals surface area contributed by atoms with Crippen molar-refractivity contribution in [1.82, 2.24) is 0 Å². The van der Waals surface area contributed by atoms with Crippen molar-refractivity contribution >= 4 is 17.7 Å². The van der Waals surface area contributed by atoms with Gasteiger partial charge in [0.1, 0.15) is 4.75 Å². The minimum atomic E-state index is -0.633. The molecule has 0 aromatic rings. The third-order valence-corrected chi connectivity index (χ3v) is 5.39. The van der Waals surface area contributed by atoms with Crippen LogP contribution >= 0.6 is 11.8 Å². The number of carbonyl (C=O) groups is 1. The number of unbranched alkanes of at least 4 members (excludes halogenated alkanes) is 8. The molecule has 0 fully saturated rings. The highest BCUT2D eigenvalue weighted by Crippen LogP contribution is 2.32. The van der Waals surface area contributed by atoms with Crippen molar-refractivity contribution in [2.24, 2.45) is 0 Å². The first-order valence-electron chi connectivity index (χ1n) is 8.44. The summed E-state index contributed by atoms with van der Waals surface area (Å²) >= 11 is 1.65. The van der Waals surface area contributed by atoms with Gasteiger partial charge < -0.3 is 5.11 Å². The minimum Gasteiger partial charge on any atom is -0.480 e. The number of aliphatic carboxylic acids is 1. The summed E-state index contributed by atoms with van der Waals surface area (Å²) in [4.78, 5) is 11.5. The molecule has 0 aromatic heterocycles. The van der Waals surface area contributed by atoms with Crippen LogP contribution in [0.3, 0.4) is 0 Å². The highest BCUT2D eigenvalue weighted by atomic mass is 32.2. The third kappa shape index (κ3) is 9.68. The zero-order valence-corrected chi connectivity index (χ0v) is 14.6. The molecule has 120 valence electrons. The van der Waals surface area contributed by atoms with Crippen LogP contribution in [-0.4, -0.2) is 21.6 Å². The standard InChI is InChI=1S/C17H34O2S/c1-4-6-8-10-11-12-14-17(3,16(18)19)20-15-13-9-7-5-2/h4-15H2,1-3H3,(H,18,19). The molecule has 0 aliphatic carbocycles. The highest BCUT2D eigenvalue weighted by Gasteiger charge is 2.32. The van der Waals surface area contributed by atoms with Crippen LogP contribution in [0.15, 0.2) is 0 Å². The molecular weight excluding hydrogens is 268 g/mol. The summed E-state index contributed by atoms with van der Waals surface area (Å²) in [5, 5.41) is 9.46. The summed E-state index contributed by atoms with van der Waals surface area (Å²) < 4.78 is -0.572. The molecular formula is C17H34O2S. The molecule has 0 aromatic carbocycles. The van der Waals surface area contributed by atoms with Crippen LogP contribution in [0.5, 0.6) is 0 Å². The number of carboxylic acids is 1. The van der Waals surface area contributed by atoms with Gasteiger partial charge >= 0.3 is 5.97 Å². The van der Waals surface area contributed by atoms with E-state index in [0.717, 1.165) is 25.0 Å². The van der Waals surface area contributed by atoms with Crippen LogP contribution in [0.4, 0.5) is 0 Å². The summed E-state index contributed by atoms with van der Waals surface area (Å²) in [6, 6.07) is 0. The lowest BCUT2D eigenvalue weighted by Gasteiger charge is -2.24. The van der Waals surface area contributed by atoms with E-state index in [9.17, 15) is 9.90 Å². The van der Waals surface area contributed by atoms with Gasteiger partial charge in [0.05, 0.1) is 0 Å². The molecule has 0 bridgehead atoms. The lowest BCUT2D eigenvalue weighted by Crippen LogP contribution is -2.31. The Morgan fingerprint density at radius 3 is 1.95 bits per heavy atom. The Morgan fingerprint density at radius 1 is 0.900 bits per heavy atom. The van der Waals surface area contributed by atoms with Crippen LogP contribution in [0, 0.1) is 0 Å². The van der Waals surface area contributed by atoms with Gasteiger partial charge in [-0.05, 0) is 25.5 Å². The minimum absolute atomic E-state index is 0.572. The maximum absolute atomic E-state index is 11.5. The second-order valence-corrected chi connectivity index (χ2v) is 7.56. The monoisotopic (exact) mass is 302 g/mol. The van der Waals surface area contributed by atoms with E-state index >= 15 is 0 Å². The average molecular weight is 303 g/mol. The summed E-state index contributed by atoms with van der Waals surface area (Å²) in [7, 11) is 0. The second kappa shape index (κ2) is 12.6. The predicted octanol–water partition coefficient (Wildman–Crippen LogP) is 5.89. The Morgan fingerprint density at radius 2 is 1.40 bits per heavy atom. The number of hydrogen-bond acceptors (Lipinski definition) is 2. The molecule has 0 spiro atoms. The molecule has 0 heterocycles. The van der Waals surface area contributed by atoms with Crippen LogP contribution in [0.2, 0.25) is 0 Å². The Hall–Kier alpha value is -0.180. The van der Waals surface area contributed by atoms with Gasteiger partial charge in [0.15, 0.2) is 0 Å². The molecule has 1 N–H and O–H groups in total. The van der Waals surface area contributed by atoms with Crippen molar-refractivity contribution in [3.63, 3.8) is 0 Å². The maximum atomic E-state index is 11.5. The van der Waals surface area contributed by atoms with Crippen molar-refractivity contribution < 1.29 is 9.90 Å². The first-order chi connectivity index (χ1) is 9.56. The number of hydrogen-bond donors (Lipinski definition) is 1. The zero-order chi connectivity index (χ0) is 15.3. The number of rotatable bonds is 14. The first-order valence-corrected chi connectivity index (χ1v) is 9.42. The second-order valence-electron chi connectivity index (χ2n) is 5.96. The summed E-state index contributed by atoms with van der Waals surface area (Å²) in [6.45, 7) is 6.33. The van der Waals surface area contributed by atoms with Gasteiger partial charge in [-0.3, -0.25) is 4.79 Å². The Balaban J connectivity index is 3.84. The molecule has 2 nitrogen and oxygen atoms in total. The Kier molecular flexibility index (Phi) is 12.4. The maximum Gasteiger partial charge on any atom is 0.319 e. The fourth-order valence-corrected chi connectivity index (χ4v) is 3.52. The van der Waals surface area contributed by atoms with E-state index in [1.54, 1.807) is 11.8 Å². The van der Waals surface area contributed by atoms with E-state index in [-0.39, 0.29) is 0 Å². The van der Waals surface area contributed by atoms with Gasteiger partial charge in [-0.1, -0.05) is 71.6 Å². The smallest absolute Gasteiger partial charge is 0.319 e. The van der Waals surface area contributed by atoms with Gasteiger partial charge in [0, 0.05) is 0 Å². The predicted molar refractivity (Wildman–Crippen MR) is 90.6 cm³/mol. The summed E-state index contributed by atoms with van der Waals surface area (Å²) in [5.74, 6) is 0.352. The molecule has 0 amide bonds. The van der Waals surface area contributed by atoms with Gasteiger partial charge in [-0.15, -0.1) is 11.8 Å². The SMILES string of the molecule is CCCCCCCCC(C)(SCCCCCC)C(=O)O. The zero-order valence-electron chi connectivity index (χ0n) is 13.7. The molecule has 20 heavy (non-hydrogen) atoms. The molecule has 0 aliphatic rings. The van der Waals surface area contributed by atoms with Crippen molar-refractivity contribution in [3.05, 3.63) is 0 Å². The fourth-order valence-electron chi connectivity index (χ4n) is 2.31. The lowest BCUT2D eigenvalue weighted by molar-refractivity contribution is -0.139. The van der Waals surface area contributed by atoms with Crippen LogP contribution in [-0.2, 0) is 4.79 Å². The van der Waals surface area contributed by atoms with E-state index in [0.29, 0.717) is 0 Å². The van der Waals surface area contributed by atoms with Gasteiger partial charge in [0.2, 0.25) is 0 Å². The van der Waals surface area contributed by atoms with E-state index < -0.39 is 10.7 Å². The van der Waals surface area contributed by atoms with E-state index in [4.69, 9.17) is 0 Å². The third-order valence-electron chi connectivity index (χ3n) is 3.88. The van der Waals surface area contributed by atoms with Crippen molar-refractivity contribution in [3.8, 4) is 0 Å². The first kappa shape index (κ1) is 19.8. The van der Waals surface area contributed by atoms with E-state index in [1.165, 1.54) is 51.4 Å². The van der Waals surface area contributed by atoms with Crippen molar-refractivity contribution in [2.45, 2.75) is 96.1 Å².